The Hall–Kier alpha value is -1.00. The molecule has 1 aromatic carbocycles. The van der Waals surface area contributed by atoms with Crippen molar-refractivity contribution in [1.29, 1.82) is 0 Å². The molecule has 0 radical (unpaired) electrons. The molecule has 102 valence electrons. The second kappa shape index (κ2) is 6.81. The number of benzene rings is 1. The number of rotatable bonds is 7. The molecule has 0 amide bonds. The lowest BCUT2D eigenvalue weighted by Crippen LogP contribution is -2.34. The summed E-state index contributed by atoms with van der Waals surface area (Å²) in [5, 5.41) is 3.28. The van der Waals surface area contributed by atoms with Crippen LogP contribution in [-0.2, 0) is 5.41 Å². The van der Waals surface area contributed by atoms with Gasteiger partial charge >= 0.3 is 0 Å². The third-order valence-corrected chi connectivity index (χ3v) is 3.03. The van der Waals surface area contributed by atoms with Crippen molar-refractivity contribution in [3.05, 3.63) is 35.4 Å². The predicted octanol–water partition coefficient (Wildman–Crippen LogP) is 2.57. The molecule has 0 heterocycles. The molecule has 2 nitrogen and oxygen atoms in total. The second-order valence-electron chi connectivity index (χ2n) is 5.18. The van der Waals surface area contributed by atoms with Gasteiger partial charge in [0.2, 0.25) is 0 Å². The Labute approximate surface area is 108 Å². The first-order valence-electron chi connectivity index (χ1n) is 6.33. The topological polar surface area (TPSA) is 38.0 Å². The fourth-order valence-electron chi connectivity index (χ4n) is 1.93. The van der Waals surface area contributed by atoms with E-state index < -0.39 is 11.6 Å². The van der Waals surface area contributed by atoms with Gasteiger partial charge in [0.1, 0.15) is 11.6 Å². The Morgan fingerprint density at radius 3 is 2.56 bits per heavy atom. The zero-order valence-electron chi connectivity index (χ0n) is 11.1. The number of hydrogen-bond donors (Lipinski definition) is 2. The number of hydrogen-bond acceptors (Lipinski definition) is 2. The van der Waals surface area contributed by atoms with Gasteiger partial charge in [0.15, 0.2) is 0 Å². The zero-order valence-corrected chi connectivity index (χ0v) is 11.1. The summed E-state index contributed by atoms with van der Waals surface area (Å²) in [5.74, 6) is -1.02. The molecule has 0 aromatic heterocycles. The van der Waals surface area contributed by atoms with Crippen LogP contribution in [-0.4, -0.2) is 19.6 Å². The molecule has 0 unspecified atom stereocenters. The van der Waals surface area contributed by atoms with E-state index in [1.807, 2.05) is 13.8 Å². The lowest BCUT2D eigenvalue weighted by Gasteiger charge is -2.26. The van der Waals surface area contributed by atoms with E-state index in [4.69, 9.17) is 5.73 Å². The molecule has 4 heteroatoms. The third-order valence-electron chi connectivity index (χ3n) is 3.03. The predicted molar refractivity (Wildman–Crippen MR) is 70.5 cm³/mol. The molecule has 0 spiro atoms. The maximum atomic E-state index is 13.7. The molecule has 1 aromatic rings. The van der Waals surface area contributed by atoms with Crippen LogP contribution in [0.1, 0.15) is 32.3 Å². The molecule has 0 fully saturated rings. The van der Waals surface area contributed by atoms with Gasteiger partial charge in [-0.25, -0.2) is 8.78 Å². The number of nitrogens with one attached hydrogen (secondary N) is 1. The second-order valence-corrected chi connectivity index (χ2v) is 5.18. The molecule has 0 aliphatic heterocycles. The first kappa shape index (κ1) is 15.1. The van der Waals surface area contributed by atoms with Gasteiger partial charge in [-0.1, -0.05) is 19.9 Å². The largest absolute Gasteiger partial charge is 0.330 e. The van der Waals surface area contributed by atoms with E-state index in [1.165, 1.54) is 12.1 Å². The summed E-state index contributed by atoms with van der Waals surface area (Å²) in [5.41, 5.74) is 5.59. The minimum atomic E-state index is -0.539. The minimum absolute atomic E-state index is 0.361. The first-order chi connectivity index (χ1) is 8.47. The van der Waals surface area contributed by atoms with Gasteiger partial charge in [0.05, 0.1) is 0 Å². The van der Waals surface area contributed by atoms with Gasteiger partial charge in [-0.15, -0.1) is 0 Å². The van der Waals surface area contributed by atoms with Crippen LogP contribution in [0.15, 0.2) is 18.2 Å². The van der Waals surface area contributed by atoms with Crippen molar-refractivity contribution in [2.24, 2.45) is 5.73 Å². The molecular weight excluding hydrogens is 234 g/mol. The Morgan fingerprint density at radius 1 is 1.22 bits per heavy atom. The lowest BCUT2D eigenvalue weighted by atomic mass is 9.84. The summed E-state index contributed by atoms with van der Waals surface area (Å²) in [6.07, 6.45) is 2.00. The molecule has 1 rings (SSSR count). The van der Waals surface area contributed by atoms with Crippen LogP contribution in [0.5, 0.6) is 0 Å². The lowest BCUT2D eigenvalue weighted by molar-refractivity contribution is 0.438. The highest BCUT2D eigenvalue weighted by atomic mass is 19.1. The molecule has 0 bridgehead atoms. The number of nitrogens with two attached hydrogens (primary N) is 1. The van der Waals surface area contributed by atoms with Crippen LogP contribution in [0, 0.1) is 11.6 Å². The molecule has 0 aliphatic rings. The van der Waals surface area contributed by atoms with Gasteiger partial charge in [-0.05, 0) is 37.6 Å². The molecular formula is C14H22F2N2. The fourth-order valence-corrected chi connectivity index (χ4v) is 1.93. The molecule has 18 heavy (non-hydrogen) atoms. The Morgan fingerprint density at radius 2 is 1.94 bits per heavy atom. The molecule has 0 saturated heterocycles. The summed E-state index contributed by atoms with van der Waals surface area (Å²) in [4.78, 5) is 0. The van der Waals surface area contributed by atoms with Gasteiger partial charge in [0, 0.05) is 18.0 Å². The van der Waals surface area contributed by atoms with E-state index in [-0.39, 0.29) is 5.41 Å². The highest BCUT2D eigenvalue weighted by Gasteiger charge is 2.23. The quantitative estimate of drug-likeness (QED) is 0.736. The highest BCUT2D eigenvalue weighted by molar-refractivity contribution is 5.26. The average Bonchev–Trinajstić information content (AvgIpc) is 2.28. The molecule has 0 saturated carbocycles. The minimum Gasteiger partial charge on any atom is -0.330 e. The van der Waals surface area contributed by atoms with E-state index in [2.05, 4.69) is 5.32 Å². The summed E-state index contributed by atoms with van der Waals surface area (Å²) in [6.45, 7) is 6.10. The van der Waals surface area contributed by atoms with Gasteiger partial charge in [-0.3, -0.25) is 0 Å². The van der Waals surface area contributed by atoms with Gasteiger partial charge in [0.25, 0.3) is 0 Å². The first-order valence-corrected chi connectivity index (χ1v) is 6.33. The summed E-state index contributed by atoms with van der Waals surface area (Å²) < 4.78 is 26.6. The standard InChI is InChI=1S/C14H22F2N2/c1-14(2,10-18-8-4-3-7-17)12-6-5-11(15)9-13(12)16/h5-6,9,18H,3-4,7-8,10,17H2,1-2H3. The molecule has 3 N–H and O–H groups in total. The Bertz CT molecular complexity index is 378. The van der Waals surface area contributed by atoms with Crippen LogP contribution in [0.4, 0.5) is 8.78 Å². The van der Waals surface area contributed by atoms with Gasteiger partial charge in [-0.2, -0.15) is 0 Å². The Kier molecular flexibility index (Phi) is 5.69. The number of unbranched alkanes of at least 4 members (excludes halogenated alkanes) is 1. The number of halogens is 2. The van der Waals surface area contributed by atoms with Crippen molar-refractivity contribution in [2.45, 2.75) is 32.1 Å². The normalized spacial score (nSPS) is 11.8. The van der Waals surface area contributed by atoms with E-state index >= 15 is 0 Å². The molecule has 0 atom stereocenters. The van der Waals surface area contributed by atoms with Crippen molar-refractivity contribution < 1.29 is 8.78 Å². The molecule has 0 aliphatic carbocycles. The maximum absolute atomic E-state index is 13.7. The van der Waals surface area contributed by atoms with Crippen molar-refractivity contribution in [3.8, 4) is 0 Å². The van der Waals surface area contributed by atoms with E-state index in [9.17, 15) is 8.78 Å². The highest BCUT2D eigenvalue weighted by Crippen LogP contribution is 2.25. The summed E-state index contributed by atoms with van der Waals surface area (Å²) >= 11 is 0. The summed E-state index contributed by atoms with van der Waals surface area (Å²) in [6, 6.07) is 3.76. The Balaban J connectivity index is 2.56. The van der Waals surface area contributed by atoms with Crippen LogP contribution >= 0.6 is 0 Å². The SMILES string of the molecule is CC(C)(CNCCCCN)c1ccc(F)cc1F. The van der Waals surface area contributed by atoms with Crippen LogP contribution in [0.3, 0.4) is 0 Å². The fraction of sp³-hybridized carbons (Fsp3) is 0.571. The van der Waals surface area contributed by atoms with Crippen molar-refractivity contribution in [3.63, 3.8) is 0 Å². The van der Waals surface area contributed by atoms with Crippen LogP contribution in [0.25, 0.3) is 0 Å². The van der Waals surface area contributed by atoms with Gasteiger partial charge < -0.3 is 11.1 Å². The van der Waals surface area contributed by atoms with E-state index in [0.29, 0.717) is 18.7 Å². The van der Waals surface area contributed by atoms with E-state index in [0.717, 1.165) is 25.5 Å². The van der Waals surface area contributed by atoms with E-state index in [1.54, 1.807) is 0 Å². The average molecular weight is 256 g/mol. The van der Waals surface area contributed by atoms with Crippen molar-refractivity contribution in [2.75, 3.05) is 19.6 Å². The summed E-state index contributed by atoms with van der Waals surface area (Å²) in [7, 11) is 0. The van der Waals surface area contributed by atoms with Crippen LogP contribution < -0.4 is 11.1 Å². The zero-order chi connectivity index (χ0) is 13.6. The van der Waals surface area contributed by atoms with Crippen molar-refractivity contribution >= 4 is 0 Å². The monoisotopic (exact) mass is 256 g/mol. The third kappa shape index (κ3) is 4.35. The van der Waals surface area contributed by atoms with Crippen LogP contribution in [0.2, 0.25) is 0 Å². The van der Waals surface area contributed by atoms with Crippen molar-refractivity contribution in [1.82, 2.24) is 5.32 Å². The maximum Gasteiger partial charge on any atom is 0.129 e. The smallest absolute Gasteiger partial charge is 0.129 e.